The monoisotopic (exact) mass is 463 g/mol. The molecule has 0 aromatic heterocycles. The van der Waals surface area contributed by atoms with Crippen LogP contribution in [0.25, 0.3) is 0 Å². The number of unbranched alkanes of at least 4 members (excludes halogenated alkanes) is 1. The van der Waals surface area contributed by atoms with Gasteiger partial charge < -0.3 is 20.3 Å². The molecule has 2 aliphatic heterocycles. The third kappa shape index (κ3) is 5.41. The molecule has 1 unspecified atom stereocenters. The van der Waals surface area contributed by atoms with Gasteiger partial charge in [0.05, 0.1) is 12.1 Å². The highest BCUT2D eigenvalue weighted by Crippen LogP contribution is 2.33. The summed E-state index contributed by atoms with van der Waals surface area (Å²) in [5, 5.41) is 6.01. The van der Waals surface area contributed by atoms with Crippen molar-refractivity contribution in [1.82, 2.24) is 15.5 Å². The number of carbonyl (C=O) groups is 3. The SMILES string of the molecule is CN(CC(=O)Oc1c(F)c(F)cc(F)c1F)C(=O)CCCCC1SC[C@@H]2NC(=O)N[C@H]12. The van der Waals surface area contributed by atoms with E-state index in [1.54, 1.807) is 11.8 Å². The maximum absolute atomic E-state index is 13.6. The number of likely N-dealkylation sites (N-methyl/N-ethyl adjacent to an activating group) is 1. The number of nitrogens with zero attached hydrogens (tertiary/aromatic N) is 1. The van der Waals surface area contributed by atoms with Crippen LogP contribution < -0.4 is 15.4 Å². The highest BCUT2D eigenvalue weighted by atomic mass is 32.2. The van der Waals surface area contributed by atoms with Crippen molar-refractivity contribution >= 4 is 29.7 Å². The summed E-state index contributed by atoms with van der Waals surface area (Å²) >= 11 is 1.77. The van der Waals surface area contributed by atoms with Gasteiger partial charge in [-0.1, -0.05) is 6.42 Å². The number of ether oxygens (including phenoxy) is 1. The first-order valence-electron chi connectivity index (χ1n) is 9.63. The van der Waals surface area contributed by atoms with Gasteiger partial charge in [0.1, 0.15) is 6.54 Å². The predicted octanol–water partition coefficient (Wildman–Crippen LogP) is 2.33. The Kier molecular flexibility index (Phi) is 7.29. The van der Waals surface area contributed by atoms with Crippen LogP contribution in [0.2, 0.25) is 0 Å². The standard InChI is InChI=1S/C19H21F4N3O4S/c1-26(7-14(28)30-18-15(22)9(20)6-10(21)16(18)23)13(27)5-3-2-4-12-17-11(8-31-12)24-19(29)25-17/h6,11-12,17H,2-5,7-8H2,1H3,(H2,24,25,29)/t11-,12?,17-/m0/s1. The average molecular weight is 463 g/mol. The summed E-state index contributed by atoms with van der Waals surface area (Å²) in [5.41, 5.74) is 0. The third-order valence-corrected chi connectivity index (χ3v) is 6.66. The largest absolute Gasteiger partial charge is 0.419 e. The number of amides is 3. The smallest absolute Gasteiger partial charge is 0.331 e. The molecule has 0 spiro atoms. The van der Waals surface area contributed by atoms with Gasteiger partial charge in [-0.05, 0) is 12.8 Å². The number of thioether (sulfide) groups is 1. The molecule has 2 heterocycles. The van der Waals surface area contributed by atoms with E-state index in [9.17, 15) is 31.9 Å². The molecule has 2 N–H and O–H groups in total. The Morgan fingerprint density at radius 3 is 2.52 bits per heavy atom. The Morgan fingerprint density at radius 2 is 1.84 bits per heavy atom. The van der Waals surface area contributed by atoms with E-state index >= 15 is 0 Å². The summed E-state index contributed by atoms with van der Waals surface area (Å²) in [4.78, 5) is 36.4. The summed E-state index contributed by atoms with van der Waals surface area (Å²) in [6, 6.07) is 0.0466. The van der Waals surface area contributed by atoms with Crippen molar-refractivity contribution in [3.63, 3.8) is 0 Å². The zero-order valence-electron chi connectivity index (χ0n) is 16.6. The lowest BCUT2D eigenvalue weighted by atomic mass is 10.0. The van der Waals surface area contributed by atoms with Crippen molar-refractivity contribution in [3.05, 3.63) is 29.3 Å². The molecular formula is C19H21F4N3O4S. The maximum Gasteiger partial charge on any atom is 0.331 e. The Hall–Kier alpha value is -2.50. The Labute approximate surface area is 179 Å². The number of halogens is 4. The molecule has 170 valence electrons. The Bertz CT molecular complexity index is 862. The van der Waals surface area contributed by atoms with Crippen LogP contribution in [0.3, 0.4) is 0 Å². The molecular weight excluding hydrogens is 442 g/mol. The van der Waals surface area contributed by atoms with Crippen LogP contribution in [-0.4, -0.2) is 59.5 Å². The molecule has 3 atom stereocenters. The topological polar surface area (TPSA) is 87.7 Å². The number of fused-ring (bicyclic) bond motifs is 1. The highest BCUT2D eigenvalue weighted by Gasteiger charge is 2.42. The van der Waals surface area contributed by atoms with Crippen LogP contribution in [0.1, 0.15) is 25.7 Å². The third-order valence-electron chi connectivity index (χ3n) is 5.15. The van der Waals surface area contributed by atoms with Crippen LogP contribution in [0.4, 0.5) is 22.4 Å². The van der Waals surface area contributed by atoms with E-state index in [1.807, 2.05) is 0 Å². The number of hydrogen-bond donors (Lipinski definition) is 2. The van der Waals surface area contributed by atoms with Crippen molar-refractivity contribution in [2.75, 3.05) is 19.3 Å². The number of nitrogens with one attached hydrogen (secondary N) is 2. The fourth-order valence-corrected chi connectivity index (χ4v) is 5.07. The van der Waals surface area contributed by atoms with Gasteiger partial charge in [0.2, 0.25) is 23.3 Å². The van der Waals surface area contributed by atoms with Crippen LogP contribution in [0, 0.1) is 23.3 Å². The van der Waals surface area contributed by atoms with Gasteiger partial charge in [-0.3, -0.25) is 4.79 Å². The molecule has 2 fully saturated rings. The minimum Gasteiger partial charge on any atom is -0.419 e. The number of esters is 1. The summed E-state index contributed by atoms with van der Waals surface area (Å²) in [6.07, 6.45) is 2.24. The first-order chi connectivity index (χ1) is 14.7. The average Bonchev–Trinajstić information content (AvgIpc) is 3.26. The number of benzene rings is 1. The molecule has 0 radical (unpaired) electrons. The molecule has 2 saturated heterocycles. The minimum absolute atomic E-state index is 0.000958. The normalized spacial score (nSPS) is 22.0. The van der Waals surface area contributed by atoms with Crippen molar-refractivity contribution in [3.8, 4) is 5.75 Å². The molecule has 0 aliphatic carbocycles. The van der Waals surface area contributed by atoms with Gasteiger partial charge >= 0.3 is 12.0 Å². The number of rotatable bonds is 8. The fourth-order valence-electron chi connectivity index (χ4n) is 3.52. The lowest BCUT2D eigenvalue weighted by molar-refractivity contribution is -0.141. The first kappa shape index (κ1) is 23.2. The van der Waals surface area contributed by atoms with E-state index in [1.165, 1.54) is 7.05 Å². The van der Waals surface area contributed by atoms with Crippen molar-refractivity contribution in [2.24, 2.45) is 0 Å². The van der Waals surface area contributed by atoms with Gasteiger partial charge in [0.15, 0.2) is 11.6 Å². The molecule has 3 rings (SSSR count). The van der Waals surface area contributed by atoms with Crippen molar-refractivity contribution in [1.29, 1.82) is 0 Å². The zero-order chi connectivity index (χ0) is 22.7. The van der Waals surface area contributed by atoms with E-state index in [2.05, 4.69) is 15.4 Å². The first-order valence-corrected chi connectivity index (χ1v) is 10.7. The van der Waals surface area contributed by atoms with E-state index < -0.39 is 47.4 Å². The second-order valence-electron chi connectivity index (χ2n) is 7.39. The molecule has 0 saturated carbocycles. The molecule has 3 amide bonds. The molecule has 0 bridgehead atoms. The second-order valence-corrected chi connectivity index (χ2v) is 8.66. The number of carbonyl (C=O) groups excluding carboxylic acids is 3. The molecule has 31 heavy (non-hydrogen) atoms. The molecule has 1 aromatic carbocycles. The molecule has 1 aromatic rings. The Morgan fingerprint density at radius 1 is 1.16 bits per heavy atom. The molecule has 2 aliphatic rings. The molecule has 7 nitrogen and oxygen atoms in total. The van der Waals surface area contributed by atoms with Crippen molar-refractivity contribution < 1.29 is 36.7 Å². The Balaban J connectivity index is 1.40. The van der Waals surface area contributed by atoms with E-state index in [0.29, 0.717) is 6.42 Å². The molecule has 12 heteroatoms. The summed E-state index contributed by atoms with van der Waals surface area (Å²) in [5.74, 6) is -9.34. The van der Waals surface area contributed by atoms with E-state index in [-0.39, 0.29) is 35.9 Å². The lowest BCUT2D eigenvalue weighted by Crippen LogP contribution is -2.36. The summed E-state index contributed by atoms with van der Waals surface area (Å²) < 4.78 is 57.9. The van der Waals surface area contributed by atoms with Crippen LogP contribution >= 0.6 is 11.8 Å². The van der Waals surface area contributed by atoms with Crippen LogP contribution in [0.15, 0.2) is 6.07 Å². The van der Waals surface area contributed by atoms with Crippen LogP contribution in [0.5, 0.6) is 5.75 Å². The summed E-state index contributed by atoms with van der Waals surface area (Å²) in [6.45, 7) is -0.643. The second kappa shape index (κ2) is 9.75. The summed E-state index contributed by atoms with van der Waals surface area (Å²) in [7, 11) is 1.31. The fraction of sp³-hybridized carbons (Fsp3) is 0.526. The highest BCUT2D eigenvalue weighted by molar-refractivity contribution is 8.00. The quantitative estimate of drug-likeness (QED) is 0.154. The minimum atomic E-state index is -1.83. The zero-order valence-corrected chi connectivity index (χ0v) is 17.4. The van der Waals surface area contributed by atoms with Crippen LogP contribution in [-0.2, 0) is 9.59 Å². The van der Waals surface area contributed by atoms with E-state index in [4.69, 9.17) is 0 Å². The van der Waals surface area contributed by atoms with Gasteiger partial charge in [0, 0.05) is 30.5 Å². The van der Waals surface area contributed by atoms with E-state index in [0.717, 1.165) is 23.5 Å². The number of urea groups is 1. The predicted molar refractivity (Wildman–Crippen MR) is 104 cm³/mol. The lowest BCUT2D eigenvalue weighted by Gasteiger charge is -2.18. The maximum atomic E-state index is 13.6. The van der Waals surface area contributed by atoms with Crippen molar-refractivity contribution in [2.45, 2.75) is 43.0 Å². The van der Waals surface area contributed by atoms with Gasteiger partial charge in [0.25, 0.3) is 0 Å². The van der Waals surface area contributed by atoms with Gasteiger partial charge in [-0.25, -0.2) is 18.4 Å². The number of hydrogen-bond acceptors (Lipinski definition) is 5. The van der Waals surface area contributed by atoms with Gasteiger partial charge in [-0.15, -0.1) is 0 Å². The van der Waals surface area contributed by atoms with Gasteiger partial charge in [-0.2, -0.15) is 20.5 Å².